The number of hydrogen-bond donors (Lipinski definition) is 1. The molecule has 0 radical (unpaired) electrons. The maximum absolute atomic E-state index is 13.4. The number of aromatic nitrogens is 2. The van der Waals surface area contributed by atoms with Gasteiger partial charge in [-0.05, 0) is 29.0 Å². The maximum atomic E-state index is 13.4. The highest BCUT2D eigenvalue weighted by molar-refractivity contribution is 5.87. The fraction of sp³-hybridized carbons (Fsp3) is 0.0556. The van der Waals surface area contributed by atoms with Crippen LogP contribution < -0.4 is 0 Å². The van der Waals surface area contributed by atoms with Gasteiger partial charge in [-0.2, -0.15) is 0 Å². The average Bonchev–Trinajstić information content (AvgIpc) is 2.92. The fourth-order valence-corrected chi connectivity index (χ4v) is 2.79. The molecule has 0 atom stereocenters. The van der Waals surface area contributed by atoms with Gasteiger partial charge in [0.2, 0.25) is 0 Å². The smallest absolute Gasteiger partial charge is 0.139 e. The molecule has 2 heterocycles. The SMILES string of the molecule is OCc1c(-c2ccc3ccccc3c2)nc2ccc(F)cn12. The van der Waals surface area contributed by atoms with E-state index in [4.69, 9.17) is 0 Å². The van der Waals surface area contributed by atoms with E-state index in [2.05, 4.69) is 4.98 Å². The van der Waals surface area contributed by atoms with Crippen molar-refractivity contribution >= 4 is 16.4 Å². The standard InChI is InChI=1S/C18H13FN2O/c19-15-7-8-17-20-18(16(11-22)21(17)10-15)14-6-5-12-3-1-2-4-13(12)9-14/h1-10,22H,11H2. The molecule has 0 aliphatic heterocycles. The number of aliphatic hydroxyl groups excluding tert-OH is 1. The summed E-state index contributed by atoms with van der Waals surface area (Å²) in [6.07, 6.45) is 1.35. The van der Waals surface area contributed by atoms with E-state index < -0.39 is 0 Å². The zero-order valence-corrected chi connectivity index (χ0v) is 11.7. The molecule has 22 heavy (non-hydrogen) atoms. The molecule has 2 aromatic heterocycles. The number of pyridine rings is 1. The lowest BCUT2D eigenvalue weighted by molar-refractivity contribution is 0.276. The van der Waals surface area contributed by atoms with Crippen molar-refractivity contribution in [1.29, 1.82) is 0 Å². The zero-order valence-electron chi connectivity index (χ0n) is 11.7. The van der Waals surface area contributed by atoms with Crippen LogP contribution >= 0.6 is 0 Å². The predicted molar refractivity (Wildman–Crippen MR) is 84.0 cm³/mol. The second kappa shape index (κ2) is 4.93. The van der Waals surface area contributed by atoms with E-state index in [0.717, 1.165) is 16.3 Å². The lowest BCUT2D eigenvalue weighted by atomic mass is 10.0. The van der Waals surface area contributed by atoms with Gasteiger partial charge in [-0.25, -0.2) is 9.37 Å². The number of halogens is 1. The summed E-state index contributed by atoms with van der Waals surface area (Å²) in [5.74, 6) is -0.357. The molecule has 0 unspecified atom stereocenters. The molecule has 4 rings (SSSR count). The van der Waals surface area contributed by atoms with Crippen LogP contribution in [0, 0.1) is 5.82 Å². The molecular formula is C18H13FN2O. The second-order valence-corrected chi connectivity index (χ2v) is 5.20. The summed E-state index contributed by atoms with van der Waals surface area (Å²) in [7, 11) is 0. The number of benzene rings is 2. The Hall–Kier alpha value is -2.72. The Balaban J connectivity index is 1.98. The van der Waals surface area contributed by atoms with Crippen LogP contribution in [0.3, 0.4) is 0 Å². The molecule has 0 spiro atoms. The largest absolute Gasteiger partial charge is 0.390 e. The highest BCUT2D eigenvalue weighted by Gasteiger charge is 2.14. The molecule has 4 heteroatoms. The topological polar surface area (TPSA) is 37.5 Å². The minimum absolute atomic E-state index is 0.202. The molecule has 0 saturated carbocycles. The molecule has 0 fully saturated rings. The molecule has 4 aromatic rings. The third-order valence-electron chi connectivity index (χ3n) is 3.85. The van der Waals surface area contributed by atoms with E-state index in [-0.39, 0.29) is 12.4 Å². The molecule has 0 bridgehead atoms. The maximum Gasteiger partial charge on any atom is 0.139 e. The van der Waals surface area contributed by atoms with Crippen LogP contribution in [-0.4, -0.2) is 14.5 Å². The number of aliphatic hydroxyl groups is 1. The van der Waals surface area contributed by atoms with Crippen molar-refractivity contribution in [3.05, 3.63) is 72.3 Å². The molecular weight excluding hydrogens is 279 g/mol. The van der Waals surface area contributed by atoms with Gasteiger partial charge in [0.25, 0.3) is 0 Å². The normalized spacial score (nSPS) is 11.4. The van der Waals surface area contributed by atoms with Gasteiger partial charge in [0.1, 0.15) is 11.5 Å². The van der Waals surface area contributed by atoms with Crippen LogP contribution in [0.4, 0.5) is 4.39 Å². The van der Waals surface area contributed by atoms with Gasteiger partial charge in [-0.15, -0.1) is 0 Å². The monoisotopic (exact) mass is 292 g/mol. The lowest BCUT2D eigenvalue weighted by Gasteiger charge is -2.04. The van der Waals surface area contributed by atoms with Gasteiger partial charge < -0.3 is 5.11 Å². The van der Waals surface area contributed by atoms with Crippen LogP contribution in [0.25, 0.3) is 27.7 Å². The third kappa shape index (κ3) is 1.96. The first-order chi connectivity index (χ1) is 10.8. The predicted octanol–water partition coefficient (Wildman–Crippen LogP) is 3.79. The van der Waals surface area contributed by atoms with Gasteiger partial charge in [0.15, 0.2) is 0 Å². The van der Waals surface area contributed by atoms with Crippen LogP contribution in [0.2, 0.25) is 0 Å². The third-order valence-corrected chi connectivity index (χ3v) is 3.85. The molecule has 0 aliphatic rings. The zero-order chi connectivity index (χ0) is 15.1. The summed E-state index contributed by atoms with van der Waals surface area (Å²) in [5, 5.41) is 11.9. The quantitative estimate of drug-likeness (QED) is 0.610. The molecule has 0 aliphatic carbocycles. The summed E-state index contributed by atoms with van der Waals surface area (Å²) >= 11 is 0. The fourth-order valence-electron chi connectivity index (χ4n) is 2.79. The van der Waals surface area contributed by atoms with E-state index in [1.54, 1.807) is 10.5 Å². The Morgan fingerprint density at radius 3 is 2.64 bits per heavy atom. The van der Waals surface area contributed by atoms with Gasteiger partial charge in [-0.1, -0.05) is 36.4 Å². The van der Waals surface area contributed by atoms with Crippen LogP contribution in [0.15, 0.2) is 60.8 Å². The Labute approximate surface area is 126 Å². The van der Waals surface area contributed by atoms with E-state index >= 15 is 0 Å². The summed E-state index contributed by atoms with van der Waals surface area (Å²) in [4.78, 5) is 4.54. The summed E-state index contributed by atoms with van der Waals surface area (Å²) in [6.45, 7) is -0.202. The van der Waals surface area contributed by atoms with Crippen molar-refractivity contribution in [2.45, 2.75) is 6.61 Å². The minimum Gasteiger partial charge on any atom is -0.390 e. The number of imidazole rings is 1. The van der Waals surface area contributed by atoms with Crippen molar-refractivity contribution in [1.82, 2.24) is 9.38 Å². The Bertz CT molecular complexity index is 991. The minimum atomic E-state index is -0.357. The van der Waals surface area contributed by atoms with Gasteiger partial charge in [0.05, 0.1) is 18.0 Å². The van der Waals surface area contributed by atoms with Crippen molar-refractivity contribution < 1.29 is 9.50 Å². The van der Waals surface area contributed by atoms with Crippen molar-refractivity contribution in [2.24, 2.45) is 0 Å². The number of rotatable bonds is 2. The highest BCUT2D eigenvalue weighted by atomic mass is 19.1. The summed E-state index contributed by atoms with van der Waals surface area (Å²) in [5.41, 5.74) is 2.80. The van der Waals surface area contributed by atoms with E-state index in [9.17, 15) is 9.50 Å². The van der Waals surface area contributed by atoms with Gasteiger partial charge in [0, 0.05) is 11.8 Å². The Kier molecular flexibility index (Phi) is 2.91. The van der Waals surface area contributed by atoms with Gasteiger partial charge >= 0.3 is 0 Å². The Morgan fingerprint density at radius 1 is 1.00 bits per heavy atom. The number of fused-ring (bicyclic) bond motifs is 2. The molecule has 108 valence electrons. The van der Waals surface area contributed by atoms with Crippen molar-refractivity contribution in [2.75, 3.05) is 0 Å². The van der Waals surface area contributed by atoms with Gasteiger partial charge in [-0.3, -0.25) is 4.40 Å². The molecule has 0 amide bonds. The first-order valence-electron chi connectivity index (χ1n) is 7.03. The average molecular weight is 292 g/mol. The van der Waals surface area contributed by atoms with Crippen LogP contribution in [0.1, 0.15) is 5.69 Å². The van der Waals surface area contributed by atoms with Crippen molar-refractivity contribution in [3.63, 3.8) is 0 Å². The Morgan fingerprint density at radius 2 is 1.82 bits per heavy atom. The van der Waals surface area contributed by atoms with Crippen molar-refractivity contribution in [3.8, 4) is 11.3 Å². The summed E-state index contributed by atoms with van der Waals surface area (Å²) < 4.78 is 15.0. The second-order valence-electron chi connectivity index (χ2n) is 5.20. The molecule has 1 N–H and O–H groups in total. The van der Waals surface area contributed by atoms with E-state index in [1.807, 2.05) is 42.5 Å². The number of hydrogen-bond acceptors (Lipinski definition) is 2. The lowest BCUT2D eigenvalue weighted by Crippen LogP contribution is -1.95. The summed E-state index contributed by atoms with van der Waals surface area (Å²) in [6, 6.07) is 17.1. The first kappa shape index (κ1) is 13.0. The molecule has 0 saturated heterocycles. The highest BCUT2D eigenvalue weighted by Crippen LogP contribution is 2.28. The molecule has 3 nitrogen and oxygen atoms in total. The van der Waals surface area contributed by atoms with E-state index in [0.29, 0.717) is 17.0 Å². The van der Waals surface area contributed by atoms with E-state index in [1.165, 1.54) is 12.3 Å². The molecule has 2 aromatic carbocycles. The first-order valence-corrected chi connectivity index (χ1v) is 7.03. The van der Waals surface area contributed by atoms with Crippen LogP contribution in [0.5, 0.6) is 0 Å². The number of nitrogens with zero attached hydrogens (tertiary/aromatic N) is 2. The van der Waals surface area contributed by atoms with Crippen LogP contribution in [-0.2, 0) is 6.61 Å².